The number of carbonyl (C=O) groups is 2. The van der Waals surface area contributed by atoms with Crippen LogP contribution in [0.1, 0.15) is 56.4 Å². The molecule has 0 radical (unpaired) electrons. The second-order valence-corrected chi connectivity index (χ2v) is 14.5. The zero-order valence-electron chi connectivity index (χ0n) is 21.2. The lowest BCUT2D eigenvalue weighted by Gasteiger charge is -2.38. The first-order valence-corrected chi connectivity index (χ1v) is 15.4. The number of Topliss-reactive ketones (excluding diaryl/α,β-unsaturated/α-hetero) is 1. The largest absolute Gasteiger partial charge is 0.332 e. The third-order valence-corrected chi connectivity index (χ3v) is 11.7. The number of nitrogens with zero attached hydrogens (tertiary/aromatic N) is 2. The van der Waals surface area contributed by atoms with Crippen molar-refractivity contribution < 1.29 is 18.0 Å². The van der Waals surface area contributed by atoms with Crippen molar-refractivity contribution in [1.29, 1.82) is 0 Å². The monoisotopic (exact) mass is 528 g/mol. The van der Waals surface area contributed by atoms with E-state index in [1.165, 1.54) is 4.31 Å². The van der Waals surface area contributed by atoms with Crippen LogP contribution in [0, 0.1) is 22.7 Å². The fraction of sp³-hybridized carbons (Fsp3) is 0.571. The van der Waals surface area contributed by atoms with Crippen LogP contribution in [0.5, 0.6) is 0 Å². The maximum atomic E-state index is 13.9. The van der Waals surface area contributed by atoms with E-state index in [4.69, 9.17) is 0 Å². The van der Waals surface area contributed by atoms with Crippen molar-refractivity contribution in [3.8, 4) is 0 Å². The van der Waals surface area contributed by atoms with Gasteiger partial charge in [-0.15, -0.1) is 11.3 Å². The number of sulfonamides is 1. The van der Waals surface area contributed by atoms with Gasteiger partial charge in [-0.25, -0.2) is 8.42 Å². The minimum atomic E-state index is -3.80. The average molecular weight is 529 g/mol. The molecule has 5 rings (SSSR count). The zero-order valence-corrected chi connectivity index (χ0v) is 22.8. The second kappa shape index (κ2) is 9.69. The van der Waals surface area contributed by atoms with Crippen molar-refractivity contribution in [2.45, 2.75) is 59.0 Å². The van der Waals surface area contributed by atoms with Crippen LogP contribution in [0.3, 0.4) is 0 Å². The lowest BCUT2D eigenvalue weighted by atomic mass is 9.70. The molecule has 0 aliphatic heterocycles. The van der Waals surface area contributed by atoms with Gasteiger partial charge in [-0.05, 0) is 59.9 Å². The lowest BCUT2D eigenvalue weighted by molar-refractivity contribution is -0.132. The molecule has 8 heteroatoms. The van der Waals surface area contributed by atoms with Crippen molar-refractivity contribution in [2.75, 3.05) is 18.8 Å². The molecule has 3 aliphatic rings. The summed E-state index contributed by atoms with van der Waals surface area (Å²) in [6, 6.07) is 13.8. The third-order valence-electron chi connectivity index (χ3n) is 8.93. The molecular formula is C28H36N2O4S2. The molecule has 2 aromatic rings. The highest BCUT2D eigenvalue weighted by atomic mass is 32.2. The van der Waals surface area contributed by atoms with Crippen LogP contribution >= 0.6 is 11.3 Å². The quantitative estimate of drug-likeness (QED) is 0.423. The normalized spacial score (nSPS) is 25.0. The fourth-order valence-electron chi connectivity index (χ4n) is 6.25. The Morgan fingerprint density at radius 1 is 1.06 bits per heavy atom. The maximum Gasteiger partial charge on any atom is 0.238 e. The predicted octanol–water partition coefficient (Wildman–Crippen LogP) is 4.71. The van der Waals surface area contributed by atoms with Crippen molar-refractivity contribution in [3.63, 3.8) is 0 Å². The van der Waals surface area contributed by atoms with Gasteiger partial charge in [-0.2, -0.15) is 4.31 Å². The molecule has 3 saturated carbocycles. The minimum absolute atomic E-state index is 0.0911. The summed E-state index contributed by atoms with van der Waals surface area (Å²) >= 11 is 1.59. The first kappa shape index (κ1) is 25.6. The number of hydrogen-bond acceptors (Lipinski definition) is 5. The summed E-state index contributed by atoms with van der Waals surface area (Å²) in [5.41, 5.74) is -0.152. The van der Waals surface area contributed by atoms with Crippen LogP contribution in [-0.2, 0) is 32.7 Å². The molecule has 2 atom stereocenters. The van der Waals surface area contributed by atoms with Crippen molar-refractivity contribution >= 4 is 33.1 Å². The summed E-state index contributed by atoms with van der Waals surface area (Å²) in [6.45, 7) is 5.17. The average Bonchev–Trinajstić information content (AvgIpc) is 3.39. The van der Waals surface area contributed by atoms with E-state index < -0.39 is 15.4 Å². The molecule has 0 saturated heterocycles. The summed E-state index contributed by atoms with van der Waals surface area (Å²) in [5, 5.41) is 1.99. The van der Waals surface area contributed by atoms with Crippen LogP contribution in [0.4, 0.5) is 0 Å². The van der Waals surface area contributed by atoms with E-state index >= 15 is 0 Å². The van der Waals surface area contributed by atoms with Gasteiger partial charge in [0.05, 0.1) is 18.8 Å². The molecule has 3 aliphatic carbocycles. The fourth-order valence-corrected chi connectivity index (χ4v) is 9.20. The Kier molecular flexibility index (Phi) is 6.89. The molecule has 1 amide bonds. The van der Waals surface area contributed by atoms with E-state index in [1.54, 1.807) is 16.2 Å². The Labute approximate surface area is 218 Å². The van der Waals surface area contributed by atoms with Gasteiger partial charge in [0.15, 0.2) is 0 Å². The van der Waals surface area contributed by atoms with Gasteiger partial charge in [0.1, 0.15) is 5.78 Å². The summed E-state index contributed by atoms with van der Waals surface area (Å²) in [7, 11) is -3.80. The smallest absolute Gasteiger partial charge is 0.238 e. The molecule has 6 nitrogen and oxygen atoms in total. The van der Waals surface area contributed by atoms with E-state index in [-0.39, 0.29) is 35.3 Å². The van der Waals surface area contributed by atoms with Gasteiger partial charge >= 0.3 is 0 Å². The van der Waals surface area contributed by atoms with Gasteiger partial charge in [0.2, 0.25) is 15.9 Å². The highest BCUT2D eigenvalue weighted by Gasteiger charge is 2.65. The summed E-state index contributed by atoms with van der Waals surface area (Å²) in [6.07, 6.45) is 3.99. The molecule has 1 aromatic heterocycles. The van der Waals surface area contributed by atoms with Crippen molar-refractivity contribution in [1.82, 2.24) is 9.21 Å². The van der Waals surface area contributed by atoms with Crippen LogP contribution in [0.15, 0.2) is 47.8 Å². The number of ketones is 1. The molecule has 194 valence electrons. The molecule has 0 spiro atoms. The zero-order chi connectivity index (χ0) is 25.6. The van der Waals surface area contributed by atoms with Crippen molar-refractivity contribution in [3.05, 3.63) is 58.3 Å². The van der Waals surface area contributed by atoms with Crippen LogP contribution in [0.25, 0.3) is 0 Å². The number of amides is 1. The number of benzene rings is 1. The topological polar surface area (TPSA) is 74.8 Å². The first-order chi connectivity index (χ1) is 17.1. The van der Waals surface area contributed by atoms with Gasteiger partial charge in [0.25, 0.3) is 0 Å². The van der Waals surface area contributed by atoms with Crippen LogP contribution in [0.2, 0.25) is 0 Å². The highest BCUT2D eigenvalue weighted by molar-refractivity contribution is 7.89. The molecule has 1 aromatic carbocycles. The number of rotatable bonds is 11. The molecule has 3 fully saturated rings. The second-order valence-electron chi connectivity index (χ2n) is 11.5. The first-order valence-electron chi connectivity index (χ1n) is 13.0. The summed E-state index contributed by atoms with van der Waals surface area (Å²) < 4.78 is 29.2. The predicted molar refractivity (Wildman–Crippen MR) is 142 cm³/mol. The Morgan fingerprint density at radius 2 is 1.81 bits per heavy atom. The molecule has 36 heavy (non-hydrogen) atoms. The SMILES string of the molecule is CC1(C)C2CCC1(CS(=O)(=O)N(CC(=O)N(Cc1ccccc1)Cc1cccs1)CC1CC1)C(=O)C2. The van der Waals surface area contributed by atoms with E-state index in [2.05, 4.69) is 13.8 Å². The van der Waals surface area contributed by atoms with Crippen molar-refractivity contribution in [2.24, 2.45) is 22.7 Å². The number of thiophene rings is 1. The third kappa shape index (κ3) is 4.92. The Balaban J connectivity index is 1.38. The van der Waals surface area contributed by atoms with Gasteiger partial charge in [-0.3, -0.25) is 9.59 Å². The Hall–Kier alpha value is -2.03. The maximum absolute atomic E-state index is 13.9. The number of carbonyl (C=O) groups excluding carboxylic acids is 2. The lowest BCUT2D eigenvalue weighted by Crippen LogP contribution is -2.49. The van der Waals surface area contributed by atoms with E-state index in [0.29, 0.717) is 38.4 Å². The number of hydrogen-bond donors (Lipinski definition) is 0. The highest BCUT2D eigenvalue weighted by Crippen LogP contribution is 2.64. The van der Waals surface area contributed by atoms with E-state index in [0.717, 1.165) is 29.7 Å². The van der Waals surface area contributed by atoms with E-state index in [9.17, 15) is 18.0 Å². The summed E-state index contributed by atoms with van der Waals surface area (Å²) in [5.74, 6) is 0.273. The molecular weight excluding hydrogens is 492 g/mol. The van der Waals surface area contributed by atoms with Crippen LogP contribution in [-0.4, -0.2) is 48.2 Å². The summed E-state index contributed by atoms with van der Waals surface area (Å²) in [4.78, 5) is 29.6. The van der Waals surface area contributed by atoms with Crippen LogP contribution < -0.4 is 0 Å². The number of fused-ring (bicyclic) bond motifs is 2. The van der Waals surface area contributed by atoms with Gasteiger partial charge < -0.3 is 4.90 Å². The molecule has 2 unspecified atom stereocenters. The van der Waals surface area contributed by atoms with Gasteiger partial charge in [-0.1, -0.05) is 50.2 Å². The Bertz CT molecular complexity index is 1210. The standard InChI is InChI=1S/C28H36N2O4S2/c1-27(2)23-12-13-28(27,25(31)15-23)20-36(33,34)30(17-22-10-11-22)19-26(32)29(18-24-9-6-14-35-24)16-21-7-4-3-5-8-21/h3-9,14,22-23H,10-13,15-20H2,1-2H3. The molecule has 1 heterocycles. The molecule has 2 bridgehead atoms. The Morgan fingerprint density at radius 3 is 2.39 bits per heavy atom. The minimum Gasteiger partial charge on any atom is -0.332 e. The van der Waals surface area contributed by atoms with E-state index in [1.807, 2.05) is 47.8 Å². The molecule has 0 N–H and O–H groups in total. The van der Waals surface area contributed by atoms with Gasteiger partial charge in [0, 0.05) is 29.8 Å².